The third-order valence-electron chi connectivity index (χ3n) is 4.56. The molecule has 3 rings (SSSR count). The maximum atomic E-state index is 12.4. The number of nitrogens with zero attached hydrogens (tertiary/aromatic N) is 3. The standard InChI is InChI=1S/C17H22F3N3O2/c18-17(19,20)25-15-5-3-4-14(12-15)13-21-8-10-23(11-9-21)16(24)22-6-1-2-7-22/h3-5,12H,1-2,6-11,13H2. The van der Waals surface area contributed by atoms with E-state index in [-0.39, 0.29) is 11.8 Å². The molecule has 2 heterocycles. The fraction of sp³-hybridized carbons (Fsp3) is 0.588. The lowest BCUT2D eigenvalue weighted by Gasteiger charge is -2.36. The molecule has 5 nitrogen and oxygen atoms in total. The molecule has 0 aromatic heterocycles. The zero-order valence-electron chi connectivity index (χ0n) is 14.0. The van der Waals surface area contributed by atoms with E-state index in [1.165, 1.54) is 12.1 Å². The SMILES string of the molecule is O=C(N1CCCC1)N1CCN(Cc2cccc(OC(F)(F)F)c2)CC1. The average Bonchev–Trinajstić information content (AvgIpc) is 3.08. The lowest BCUT2D eigenvalue weighted by Crippen LogP contribution is -2.52. The highest BCUT2D eigenvalue weighted by Gasteiger charge is 2.31. The first-order valence-electron chi connectivity index (χ1n) is 8.52. The number of halogens is 3. The molecule has 0 atom stereocenters. The number of ether oxygens (including phenoxy) is 1. The highest BCUT2D eigenvalue weighted by Crippen LogP contribution is 2.24. The van der Waals surface area contributed by atoms with Crippen molar-refractivity contribution in [2.45, 2.75) is 25.7 Å². The summed E-state index contributed by atoms with van der Waals surface area (Å²) >= 11 is 0. The largest absolute Gasteiger partial charge is 0.573 e. The molecule has 2 saturated heterocycles. The number of amides is 2. The minimum Gasteiger partial charge on any atom is -0.406 e. The average molecular weight is 357 g/mol. The summed E-state index contributed by atoms with van der Waals surface area (Å²) in [5.74, 6) is -0.201. The molecule has 1 aromatic carbocycles. The Morgan fingerprint density at radius 2 is 1.64 bits per heavy atom. The number of urea groups is 1. The molecule has 138 valence electrons. The van der Waals surface area contributed by atoms with E-state index in [1.54, 1.807) is 12.1 Å². The van der Waals surface area contributed by atoms with Gasteiger partial charge >= 0.3 is 12.4 Å². The number of carbonyl (C=O) groups excluding carboxylic acids is 1. The van der Waals surface area contributed by atoms with E-state index < -0.39 is 6.36 Å². The van der Waals surface area contributed by atoms with Gasteiger partial charge in [0.1, 0.15) is 5.75 Å². The first-order chi connectivity index (χ1) is 11.9. The molecule has 2 aliphatic heterocycles. The van der Waals surface area contributed by atoms with E-state index >= 15 is 0 Å². The summed E-state index contributed by atoms with van der Waals surface area (Å²) in [4.78, 5) is 18.3. The molecule has 0 aliphatic carbocycles. The number of rotatable bonds is 3. The van der Waals surface area contributed by atoms with Crippen LogP contribution in [0.3, 0.4) is 0 Å². The second-order valence-corrected chi connectivity index (χ2v) is 6.44. The third-order valence-corrected chi connectivity index (χ3v) is 4.56. The lowest BCUT2D eigenvalue weighted by molar-refractivity contribution is -0.274. The maximum Gasteiger partial charge on any atom is 0.573 e. The molecule has 25 heavy (non-hydrogen) atoms. The summed E-state index contributed by atoms with van der Waals surface area (Å²) in [7, 11) is 0. The predicted molar refractivity (Wildman–Crippen MR) is 86.2 cm³/mol. The Bertz CT molecular complexity index is 595. The van der Waals surface area contributed by atoms with Crippen LogP contribution >= 0.6 is 0 Å². The van der Waals surface area contributed by atoms with Gasteiger partial charge in [-0.05, 0) is 30.5 Å². The monoisotopic (exact) mass is 357 g/mol. The predicted octanol–water partition coefficient (Wildman–Crippen LogP) is 2.92. The van der Waals surface area contributed by atoms with Crippen LogP contribution in [0.2, 0.25) is 0 Å². The van der Waals surface area contributed by atoms with Crippen LogP contribution in [0, 0.1) is 0 Å². The van der Waals surface area contributed by atoms with Crippen molar-refractivity contribution in [3.8, 4) is 5.75 Å². The van der Waals surface area contributed by atoms with Gasteiger partial charge in [0.15, 0.2) is 0 Å². The van der Waals surface area contributed by atoms with Crippen LogP contribution in [0.25, 0.3) is 0 Å². The Labute approximate surface area is 144 Å². The summed E-state index contributed by atoms with van der Waals surface area (Å²) in [6.07, 6.45) is -2.54. The fourth-order valence-electron chi connectivity index (χ4n) is 3.30. The topological polar surface area (TPSA) is 36.0 Å². The van der Waals surface area contributed by atoms with Crippen molar-refractivity contribution >= 4 is 6.03 Å². The number of likely N-dealkylation sites (tertiary alicyclic amines) is 1. The highest BCUT2D eigenvalue weighted by molar-refractivity contribution is 5.74. The van der Waals surface area contributed by atoms with Gasteiger partial charge in [-0.1, -0.05) is 12.1 Å². The van der Waals surface area contributed by atoms with Gasteiger partial charge < -0.3 is 14.5 Å². The van der Waals surface area contributed by atoms with Gasteiger partial charge in [-0.3, -0.25) is 4.90 Å². The molecule has 0 bridgehead atoms. The second kappa shape index (κ2) is 7.51. The minimum absolute atomic E-state index is 0.109. The number of alkyl halides is 3. The van der Waals surface area contributed by atoms with Gasteiger partial charge in [-0.2, -0.15) is 0 Å². The van der Waals surface area contributed by atoms with Crippen LogP contribution in [-0.4, -0.2) is 66.4 Å². The van der Waals surface area contributed by atoms with Crippen LogP contribution in [0.15, 0.2) is 24.3 Å². The molecular weight excluding hydrogens is 335 g/mol. The Morgan fingerprint density at radius 3 is 2.28 bits per heavy atom. The Morgan fingerprint density at radius 1 is 1.00 bits per heavy atom. The van der Waals surface area contributed by atoms with Gasteiger partial charge in [0.05, 0.1) is 0 Å². The van der Waals surface area contributed by atoms with Crippen molar-refractivity contribution in [1.29, 1.82) is 0 Å². The Balaban J connectivity index is 1.50. The molecule has 8 heteroatoms. The normalized spacial score (nSPS) is 19.3. The van der Waals surface area contributed by atoms with Gasteiger partial charge in [0, 0.05) is 45.8 Å². The Kier molecular flexibility index (Phi) is 5.36. The van der Waals surface area contributed by atoms with Crippen molar-refractivity contribution in [1.82, 2.24) is 14.7 Å². The van der Waals surface area contributed by atoms with Crippen LogP contribution < -0.4 is 4.74 Å². The van der Waals surface area contributed by atoms with E-state index in [9.17, 15) is 18.0 Å². The number of hydrogen-bond donors (Lipinski definition) is 0. The van der Waals surface area contributed by atoms with Gasteiger partial charge in [0.2, 0.25) is 0 Å². The summed E-state index contributed by atoms with van der Waals surface area (Å²) in [5, 5.41) is 0. The van der Waals surface area contributed by atoms with Gasteiger partial charge in [-0.25, -0.2) is 4.79 Å². The minimum atomic E-state index is -4.68. The lowest BCUT2D eigenvalue weighted by atomic mass is 10.2. The maximum absolute atomic E-state index is 12.4. The van der Waals surface area contributed by atoms with Crippen LogP contribution in [0.4, 0.5) is 18.0 Å². The molecular formula is C17H22F3N3O2. The molecule has 2 fully saturated rings. The van der Waals surface area contributed by atoms with Crippen molar-refractivity contribution in [3.63, 3.8) is 0 Å². The summed E-state index contributed by atoms with van der Waals surface area (Å²) in [5.41, 5.74) is 0.765. The second-order valence-electron chi connectivity index (χ2n) is 6.44. The van der Waals surface area contributed by atoms with Crippen molar-refractivity contribution in [3.05, 3.63) is 29.8 Å². The van der Waals surface area contributed by atoms with E-state index in [2.05, 4.69) is 9.64 Å². The molecule has 0 radical (unpaired) electrons. The first-order valence-corrected chi connectivity index (χ1v) is 8.52. The van der Waals surface area contributed by atoms with E-state index in [4.69, 9.17) is 0 Å². The van der Waals surface area contributed by atoms with Crippen LogP contribution in [0.1, 0.15) is 18.4 Å². The van der Waals surface area contributed by atoms with Crippen LogP contribution in [-0.2, 0) is 6.54 Å². The van der Waals surface area contributed by atoms with Gasteiger partial charge in [-0.15, -0.1) is 13.2 Å². The highest BCUT2D eigenvalue weighted by atomic mass is 19.4. The molecule has 1 aromatic rings. The number of piperazine rings is 1. The van der Waals surface area contributed by atoms with E-state index in [1.807, 2.05) is 9.80 Å². The van der Waals surface area contributed by atoms with Crippen molar-refractivity contribution < 1.29 is 22.7 Å². The van der Waals surface area contributed by atoms with Crippen molar-refractivity contribution in [2.24, 2.45) is 0 Å². The molecule has 2 amide bonds. The molecule has 0 unspecified atom stereocenters. The summed E-state index contributed by atoms with van der Waals surface area (Å²) in [6.45, 7) is 4.94. The molecule has 0 N–H and O–H groups in total. The number of carbonyl (C=O) groups is 1. The fourth-order valence-corrected chi connectivity index (χ4v) is 3.30. The quantitative estimate of drug-likeness (QED) is 0.835. The zero-order chi connectivity index (χ0) is 17.9. The van der Waals surface area contributed by atoms with E-state index in [0.717, 1.165) is 31.5 Å². The van der Waals surface area contributed by atoms with Gasteiger partial charge in [0.25, 0.3) is 0 Å². The molecule has 0 spiro atoms. The molecule has 0 saturated carbocycles. The van der Waals surface area contributed by atoms with Crippen LogP contribution in [0.5, 0.6) is 5.75 Å². The number of benzene rings is 1. The first kappa shape index (κ1) is 17.8. The van der Waals surface area contributed by atoms with E-state index in [0.29, 0.717) is 32.7 Å². The Hall–Kier alpha value is -1.96. The summed E-state index contributed by atoms with van der Waals surface area (Å²) in [6, 6.07) is 6.16. The molecule has 2 aliphatic rings. The zero-order valence-corrected chi connectivity index (χ0v) is 14.0. The smallest absolute Gasteiger partial charge is 0.406 e. The number of hydrogen-bond acceptors (Lipinski definition) is 3. The van der Waals surface area contributed by atoms with Crippen molar-refractivity contribution in [2.75, 3.05) is 39.3 Å². The summed E-state index contributed by atoms with van der Waals surface area (Å²) < 4.78 is 40.9. The third kappa shape index (κ3) is 5.01.